The van der Waals surface area contributed by atoms with E-state index in [0.717, 1.165) is 0 Å². The Morgan fingerprint density at radius 2 is 2.29 bits per heavy atom. The monoisotopic (exact) mass is 255 g/mol. The van der Waals surface area contributed by atoms with Gasteiger partial charge in [0, 0.05) is 10.5 Å². The van der Waals surface area contributed by atoms with E-state index in [9.17, 15) is 10.1 Å². The maximum atomic E-state index is 10.6. The number of hydrogen-bond donors (Lipinski definition) is 1. The summed E-state index contributed by atoms with van der Waals surface area (Å²) in [4.78, 5) is 10.1. The molecule has 0 fully saturated rings. The number of rotatable bonds is 1. The summed E-state index contributed by atoms with van der Waals surface area (Å²) >= 11 is 3.13. The van der Waals surface area contributed by atoms with Crippen LogP contribution in [0.1, 0.15) is 5.56 Å². The zero-order valence-corrected chi connectivity index (χ0v) is 8.61. The van der Waals surface area contributed by atoms with Crippen molar-refractivity contribution in [1.82, 2.24) is 0 Å². The largest absolute Gasteiger partial charge is 0.384 e. The van der Waals surface area contributed by atoms with Gasteiger partial charge in [0.2, 0.25) is 0 Å². The fourth-order valence-corrected chi connectivity index (χ4v) is 1.25. The summed E-state index contributed by atoms with van der Waals surface area (Å²) in [6.07, 6.45) is 0. The molecule has 0 aliphatic heterocycles. The molecule has 0 atom stereocenters. The lowest BCUT2D eigenvalue weighted by molar-refractivity contribution is -0.385. The molecule has 0 aromatic heterocycles. The Morgan fingerprint density at radius 3 is 2.86 bits per heavy atom. The van der Waals surface area contributed by atoms with Gasteiger partial charge >= 0.3 is 0 Å². The molecule has 0 unspecified atom stereocenters. The highest BCUT2D eigenvalue weighted by Crippen LogP contribution is 2.22. The van der Waals surface area contributed by atoms with Crippen molar-refractivity contribution in [2.24, 2.45) is 0 Å². The Morgan fingerprint density at radius 1 is 1.57 bits per heavy atom. The summed E-state index contributed by atoms with van der Waals surface area (Å²) in [7, 11) is 0. The molecular formula is C9H6BrNO3. The quantitative estimate of drug-likeness (QED) is 0.472. The average molecular weight is 256 g/mol. The Balaban J connectivity index is 3.22. The minimum Gasteiger partial charge on any atom is -0.384 e. The maximum Gasteiger partial charge on any atom is 0.286 e. The fourth-order valence-electron chi connectivity index (χ4n) is 0.896. The van der Waals surface area contributed by atoms with E-state index in [0.29, 0.717) is 10.0 Å². The molecule has 0 amide bonds. The predicted octanol–water partition coefficient (Wildman–Crippen LogP) is 1.70. The van der Waals surface area contributed by atoms with Crippen LogP contribution in [0.15, 0.2) is 22.7 Å². The number of halogens is 1. The second-order valence-corrected chi connectivity index (χ2v) is 3.29. The molecule has 0 heterocycles. The van der Waals surface area contributed by atoms with Gasteiger partial charge in [0.15, 0.2) is 0 Å². The molecule has 5 heteroatoms. The van der Waals surface area contributed by atoms with Crippen molar-refractivity contribution >= 4 is 21.6 Å². The molecule has 1 N–H and O–H groups in total. The average Bonchev–Trinajstić information content (AvgIpc) is 2.15. The van der Waals surface area contributed by atoms with E-state index in [2.05, 4.69) is 27.8 Å². The molecule has 4 nitrogen and oxygen atoms in total. The van der Waals surface area contributed by atoms with E-state index >= 15 is 0 Å². The molecule has 14 heavy (non-hydrogen) atoms. The first-order valence-electron chi connectivity index (χ1n) is 3.69. The third-order valence-electron chi connectivity index (χ3n) is 1.46. The van der Waals surface area contributed by atoms with Crippen LogP contribution < -0.4 is 0 Å². The summed E-state index contributed by atoms with van der Waals surface area (Å²) < 4.78 is 0.624. The highest BCUT2D eigenvalue weighted by atomic mass is 79.9. The second kappa shape index (κ2) is 4.74. The first kappa shape index (κ1) is 10.7. The first-order chi connectivity index (χ1) is 6.65. The molecule has 0 radical (unpaired) electrons. The fraction of sp³-hybridized carbons (Fsp3) is 0.111. The van der Waals surface area contributed by atoms with Gasteiger partial charge in [-0.3, -0.25) is 10.1 Å². The number of benzene rings is 1. The van der Waals surface area contributed by atoms with Crippen LogP contribution in [0.5, 0.6) is 0 Å². The molecule has 0 saturated carbocycles. The van der Waals surface area contributed by atoms with Crippen LogP contribution in [0.2, 0.25) is 0 Å². The molecule has 72 valence electrons. The van der Waals surface area contributed by atoms with Gasteiger partial charge < -0.3 is 5.11 Å². The highest BCUT2D eigenvalue weighted by molar-refractivity contribution is 9.10. The minimum atomic E-state index is -0.508. The number of nitro groups is 1. The SMILES string of the molecule is O=[N+]([O-])c1cc(Br)ccc1C#CCO. The van der Waals surface area contributed by atoms with Gasteiger partial charge in [-0.05, 0) is 12.1 Å². The van der Waals surface area contributed by atoms with Crippen molar-refractivity contribution in [2.45, 2.75) is 0 Å². The van der Waals surface area contributed by atoms with Crippen molar-refractivity contribution in [3.8, 4) is 11.8 Å². The van der Waals surface area contributed by atoms with Gasteiger partial charge in [-0.25, -0.2) is 0 Å². The van der Waals surface area contributed by atoms with Crippen LogP contribution in [-0.2, 0) is 0 Å². The lowest BCUT2D eigenvalue weighted by Gasteiger charge is -1.95. The second-order valence-electron chi connectivity index (χ2n) is 2.38. The van der Waals surface area contributed by atoms with Crippen molar-refractivity contribution in [1.29, 1.82) is 0 Å². The summed E-state index contributed by atoms with van der Waals surface area (Å²) in [5, 5.41) is 19.1. The first-order valence-corrected chi connectivity index (χ1v) is 4.48. The lowest BCUT2D eigenvalue weighted by atomic mass is 10.2. The summed E-state index contributed by atoms with van der Waals surface area (Å²) in [6.45, 7) is -0.312. The molecule has 0 spiro atoms. The third kappa shape index (κ3) is 2.55. The van der Waals surface area contributed by atoms with Gasteiger partial charge in [-0.1, -0.05) is 27.8 Å². The lowest BCUT2D eigenvalue weighted by Crippen LogP contribution is -1.92. The van der Waals surface area contributed by atoms with E-state index in [1.807, 2.05) is 0 Å². The van der Waals surface area contributed by atoms with Gasteiger partial charge in [-0.2, -0.15) is 0 Å². The number of aliphatic hydroxyl groups excluding tert-OH is 1. The summed E-state index contributed by atoms with van der Waals surface area (Å²) in [5.74, 6) is 4.87. The smallest absolute Gasteiger partial charge is 0.286 e. The van der Waals surface area contributed by atoms with E-state index in [1.54, 1.807) is 6.07 Å². The summed E-state index contributed by atoms with van der Waals surface area (Å²) in [5.41, 5.74) is 0.229. The number of nitro benzene ring substituents is 1. The Kier molecular flexibility index (Phi) is 3.63. The van der Waals surface area contributed by atoms with Crippen LogP contribution in [-0.4, -0.2) is 16.6 Å². The zero-order valence-electron chi connectivity index (χ0n) is 7.03. The molecule has 1 rings (SSSR count). The molecule has 1 aromatic carbocycles. The molecule has 0 bridgehead atoms. The predicted molar refractivity (Wildman–Crippen MR) is 54.8 cm³/mol. The standard InChI is InChI=1S/C9H6BrNO3/c10-8-4-3-7(2-1-5-12)9(6-8)11(13)14/h3-4,6,12H,5H2. The van der Waals surface area contributed by atoms with E-state index in [-0.39, 0.29) is 12.3 Å². The van der Waals surface area contributed by atoms with E-state index < -0.39 is 4.92 Å². The van der Waals surface area contributed by atoms with Crippen LogP contribution in [0.25, 0.3) is 0 Å². The van der Waals surface area contributed by atoms with Gasteiger partial charge in [0.25, 0.3) is 5.69 Å². The topological polar surface area (TPSA) is 63.4 Å². The normalized spacial score (nSPS) is 9.00. The molecule has 0 saturated heterocycles. The van der Waals surface area contributed by atoms with Gasteiger partial charge in [0.05, 0.1) is 4.92 Å². The number of aliphatic hydroxyl groups is 1. The van der Waals surface area contributed by atoms with Crippen LogP contribution in [0.3, 0.4) is 0 Å². The highest BCUT2D eigenvalue weighted by Gasteiger charge is 2.11. The molecule has 1 aromatic rings. The maximum absolute atomic E-state index is 10.6. The van der Waals surface area contributed by atoms with E-state index in [1.165, 1.54) is 12.1 Å². The van der Waals surface area contributed by atoms with Gasteiger partial charge in [0.1, 0.15) is 12.2 Å². The third-order valence-corrected chi connectivity index (χ3v) is 1.95. The van der Waals surface area contributed by atoms with Gasteiger partial charge in [-0.15, -0.1) is 0 Å². The Bertz CT molecular complexity index is 420. The minimum absolute atomic E-state index is 0.0691. The van der Waals surface area contributed by atoms with Crippen LogP contribution >= 0.6 is 15.9 Å². The zero-order chi connectivity index (χ0) is 10.6. The number of nitrogens with zero attached hydrogens (tertiary/aromatic N) is 1. The van der Waals surface area contributed by atoms with Crippen LogP contribution in [0.4, 0.5) is 5.69 Å². The van der Waals surface area contributed by atoms with Crippen molar-refractivity contribution in [3.05, 3.63) is 38.3 Å². The van der Waals surface area contributed by atoms with Crippen molar-refractivity contribution in [3.63, 3.8) is 0 Å². The number of hydrogen-bond acceptors (Lipinski definition) is 3. The van der Waals surface area contributed by atoms with E-state index in [4.69, 9.17) is 5.11 Å². The van der Waals surface area contributed by atoms with Crippen LogP contribution in [0, 0.1) is 22.0 Å². The molecular weight excluding hydrogens is 250 g/mol. The molecule has 0 aliphatic carbocycles. The Hall–Kier alpha value is -1.38. The van der Waals surface area contributed by atoms with Crippen molar-refractivity contribution in [2.75, 3.05) is 6.61 Å². The summed E-state index contributed by atoms with van der Waals surface area (Å²) in [6, 6.07) is 4.57. The Labute approximate surface area is 88.8 Å². The molecule has 0 aliphatic rings. The van der Waals surface area contributed by atoms with Crippen molar-refractivity contribution < 1.29 is 10.0 Å².